The van der Waals surface area contributed by atoms with Crippen molar-refractivity contribution in [2.45, 2.75) is 19.9 Å². The van der Waals surface area contributed by atoms with Crippen LogP contribution < -0.4 is 10.2 Å². The monoisotopic (exact) mass is 398 g/mol. The van der Waals surface area contributed by atoms with Crippen molar-refractivity contribution < 1.29 is 18.8 Å². The summed E-state index contributed by atoms with van der Waals surface area (Å²) in [5, 5.41) is 3.94. The molecular weight excluding hydrogens is 374 g/mol. The number of ether oxygens (including phenoxy) is 1. The molecule has 28 heavy (non-hydrogen) atoms. The van der Waals surface area contributed by atoms with E-state index in [9.17, 15) is 4.79 Å². The van der Waals surface area contributed by atoms with Crippen LogP contribution in [0.1, 0.15) is 38.3 Å². The van der Waals surface area contributed by atoms with Gasteiger partial charge in [0.05, 0.1) is 25.0 Å². The fourth-order valence-electron chi connectivity index (χ4n) is 3.69. The lowest BCUT2D eigenvalue weighted by Gasteiger charge is -2.32. The summed E-state index contributed by atoms with van der Waals surface area (Å²) in [6.45, 7) is 7.49. The summed E-state index contributed by atoms with van der Waals surface area (Å²) in [6, 6.07) is 9.45. The number of rotatable bonds is 5. The van der Waals surface area contributed by atoms with Crippen LogP contribution in [-0.4, -0.2) is 37.2 Å². The highest BCUT2D eigenvalue weighted by atomic mass is 32.1. The number of carbonyl (C=O) groups is 1. The van der Waals surface area contributed by atoms with Crippen molar-refractivity contribution in [3.8, 4) is 0 Å². The standard InChI is InChI=1S/C21H23N3O3S/c1-14-15(2)28-21(23-20(25)17-7-5-11-27-17)18(14)19(16-6-3-4-8-22-16)24-9-12-26-13-10-24/h3-8,11,19H,9-10,12-13H2,1-2H3,(H,23,25)/p+1. The summed E-state index contributed by atoms with van der Waals surface area (Å²) in [5.74, 6) is 0.0759. The summed E-state index contributed by atoms with van der Waals surface area (Å²) in [7, 11) is 0. The Morgan fingerprint density at radius 3 is 2.71 bits per heavy atom. The Kier molecular flexibility index (Phi) is 5.57. The maximum atomic E-state index is 12.6. The van der Waals surface area contributed by atoms with E-state index in [4.69, 9.17) is 9.15 Å². The Morgan fingerprint density at radius 1 is 1.21 bits per heavy atom. The third kappa shape index (κ3) is 3.73. The average molecular weight is 399 g/mol. The lowest BCUT2D eigenvalue weighted by Crippen LogP contribution is -3.14. The van der Waals surface area contributed by atoms with Crippen molar-refractivity contribution in [3.05, 3.63) is 70.3 Å². The van der Waals surface area contributed by atoms with E-state index in [1.807, 2.05) is 18.3 Å². The van der Waals surface area contributed by atoms with Crippen LogP contribution in [0.25, 0.3) is 0 Å². The first-order valence-corrected chi connectivity index (χ1v) is 10.2. The van der Waals surface area contributed by atoms with E-state index in [-0.39, 0.29) is 11.9 Å². The molecule has 1 aliphatic heterocycles. The van der Waals surface area contributed by atoms with Gasteiger partial charge in [0.1, 0.15) is 23.8 Å². The van der Waals surface area contributed by atoms with E-state index < -0.39 is 0 Å². The van der Waals surface area contributed by atoms with Crippen molar-refractivity contribution in [2.24, 2.45) is 0 Å². The zero-order chi connectivity index (χ0) is 19.5. The quantitative estimate of drug-likeness (QED) is 0.693. The number of furan rings is 1. The highest BCUT2D eigenvalue weighted by Gasteiger charge is 2.34. The fraction of sp³-hybridized carbons (Fsp3) is 0.333. The number of amides is 1. The molecule has 0 spiro atoms. The minimum Gasteiger partial charge on any atom is -0.459 e. The van der Waals surface area contributed by atoms with Gasteiger partial charge in [0.15, 0.2) is 11.8 Å². The first kappa shape index (κ1) is 18.9. The number of hydrogen-bond donors (Lipinski definition) is 2. The Hall–Kier alpha value is -2.48. The van der Waals surface area contributed by atoms with Gasteiger partial charge in [-0.25, -0.2) is 0 Å². The third-order valence-corrected chi connectivity index (χ3v) is 6.36. The number of morpholine rings is 1. The minimum atomic E-state index is -0.232. The molecular formula is C21H24N3O3S+. The van der Waals surface area contributed by atoms with Gasteiger partial charge < -0.3 is 19.4 Å². The average Bonchev–Trinajstić information content (AvgIpc) is 3.35. The number of anilines is 1. The zero-order valence-electron chi connectivity index (χ0n) is 16.0. The number of aromatic nitrogens is 1. The zero-order valence-corrected chi connectivity index (χ0v) is 16.8. The molecule has 0 aromatic carbocycles. The van der Waals surface area contributed by atoms with Crippen LogP contribution in [0.5, 0.6) is 0 Å². The number of aryl methyl sites for hydroxylation is 1. The molecule has 3 aromatic heterocycles. The Balaban J connectivity index is 1.76. The van der Waals surface area contributed by atoms with Gasteiger partial charge in [0.25, 0.3) is 5.91 Å². The van der Waals surface area contributed by atoms with Gasteiger partial charge in [0, 0.05) is 11.1 Å². The van der Waals surface area contributed by atoms with Gasteiger partial charge in [-0.2, -0.15) is 0 Å². The van der Waals surface area contributed by atoms with Crippen molar-refractivity contribution in [3.63, 3.8) is 0 Å². The van der Waals surface area contributed by atoms with Gasteiger partial charge in [-0.05, 0) is 43.7 Å². The number of hydrogen-bond acceptors (Lipinski definition) is 5. The summed E-state index contributed by atoms with van der Waals surface area (Å²) in [4.78, 5) is 19.9. The predicted molar refractivity (Wildman–Crippen MR) is 108 cm³/mol. The molecule has 3 aromatic rings. The maximum absolute atomic E-state index is 12.6. The molecule has 0 saturated carbocycles. The van der Waals surface area contributed by atoms with Gasteiger partial charge >= 0.3 is 0 Å². The molecule has 1 atom stereocenters. The number of thiophene rings is 1. The fourth-order valence-corrected chi connectivity index (χ4v) is 4.78. The molecule has 146 valence electrons. The van der Waals surface area contributed by atoms with Gasteiger partial charge in [-0.15, -0.1) is 11.3 Å². The molecule has 7 heteroatoms. The number of nitrogens with one attached hydrogen (secondary N) is 2. The van der Waals surface area contributed by atoms with Crippen molar-refractivity contribution in [2.75, 3.05) is 31.6 Å². The third-order valence-electron chi connectivity index (χ3n) is 5.22. The topological polar surface area (TPSA) is 68.8 Å². The number of nitrogens with zero attached hydrogens (tertiary/aromatic N) is 1. The molecule has 4 rings (SSSR count). The van der Waals surface area contributed by atoms with E-state index in [0.717, 1.165) is 42.6 Å². The molecule has 2 N–H and O–H groups in total. The van der Waals surface area contributed by atoms with Crippen LogP contribution in [0.4, 0.5) is 5.00 Å². The second kappa shape index (κ2) is 8.26. The molecule has 1 saturated heterocycles. The minimum absolute atomic E-state index is 0.0435. The second-order valence-electron chi connectivity index (χ2n) is 6.92. The number of carbonyl (C=O) groups excluding carboxylic acids is 1. The molecule has 1 unspecified atom stereocenters. The summed E-state index contributed by atoms with van der Waals surface area (Å²) in [5.41, 5.74) is 3.35. The molecule has 1 amide bonds. The molecule has 4 heterocycles. The largest absolute Gasteiger partial charge is 0.459 e. The maximum Gasteiger partial charge on any atom is 0.291 e. The Labute approximate surface area is 168 Å². The molecule has 1 fully saturated rings. The first-order chi connectivity index (χ1) is 13.6. The Bertz CT molecular complexity index is 931. The second-order valence-corrected chi connectivity index (χ2v) is 8.14. The SMILES string of the molecule is Cc1sc(NC(=O)c2ccco2)c(C(c2ccccn2)[NH+]2CCOCC2)c1C. The molecule has 1 aliphatic rings. The van der Waals surface area contributed by atoms with E-state index in [1.165, 1.54) is 21.6 Å². The smallest absolute Gasteiger partial charge is 0.291 e. The lowest BCUT2D eigenvalue weighted by atomic mass is 9.98. The van der Waals surface area contributed by atoms with Crippen LogP contribution >= 0.6 is 11.3 Å². The van der Waals surface area contributed by atoms with E-state index in [0.29, 0.717) is 5.76 Å². The molecule has 6 nitrogen and oxygen atoms in total. The van der Waals surface area contributed by atoms with Crippen molar-refractivity contribution in [1.82, 2.24) is 4.98 Å². The van der Waals surface area contributed by atoms with Crippen LogP contribution in [0, 0.1) is 13.8 Å². The molecule has 0 bridgehead atoms. The highest BCUT2D eigenvalue weighted by molar-refractivity contribution is 7.16. The lowest BCUT2D eigenvalue weighted by molar-refractivity contribution is -0.933. The number of pyridine rings is 1. The van der Waals surface area contributed by atoms with Crippen LogP contribution in [0.3, 0.4) is 0 Å². The van der Waals surface area contributed by atoms with E-state index in [1.54, 1.807) is 23.5 Å². The van der Waals surface area contributed by atoms with Gasteiger partial charge in [0.2, 0.25) is 0 Å². The summed E-state index contributed by atoms with van der Waals surface area (Å²) < 4.78 is 10.8. The van der Waals surface area contributed by atoms with Gasteiger partial charge in [-0.3, -0.25) is 9.78 Å². The predicted octanol–water partition coefficient (Wildman–Crippen LogP) is 2.61. The van der Waals surface area contributed by atoms with Gasteiger partial charge in [-0.1, -0.05) is 6.07 Å². The highest BCUT2D eigenvalue weighted by Crippen LogP contribution is 2.38. The van der Waals surface area contributed by atoms with E-state index in [2.05, 4.69) is 30.2 Å². The first-order valence-electron chi connectivity index (χ1n) is 9.43. The van der Waals surface area contributed by atoms with Crippen LogP contribution in [-0.2, 0) is 4.74 Å². The summed E-state index contributed by atoms with van der Waals surface area (Å²) >= 11 is 1.61. The van der Waals surface area contributed by atoms with Crippen molar-refractivity contribution in [1.29, 1.82) is 0 Å². The Morgan fingerprint density at radius 2 is 2.04 bits per heavy atom. The van der Waals surface area contributed by atoms with Crippen LogP contribution in [0.2, 0.25) is 0 Å². The number of quaternary nitrogens is 1. The molecule has 0 radical (unpaired) electrons. The summed E-state index contributed by atoms with van der Waals surface area (Å²) in [6.07, 6.45) is 3.34. The van der Waals surface area contributed by atoms with Crippen molar-refractivity contribution >= 4 is 22.2 Å². The molecule has 0 aliphatic carbocycles. The van der Waals surface area contributed by atoms with Crippen LogP contribution in [0.15, 0.2) is 47.2 Å². The van der Waals surface area contributed by atoms with E-state index >= 15 is 0 Å². The normalized spacial score (nSPS) is 16.1.